The Labute approximate surface area is 131 Å². The summed E-state index contributed by atoms with van der Waals surface area (Å²) in [7, 11) is 0. The van der Waals surface area contributed by atoms with E-state index < -0.39 is 0 Å². The molecule has 1 unspecified atom stereocenters. The second-order valence-electron chi connectivity index (χ2n) is 6.14. The van der Waals surface area contributed by atoms with Crippen molar-refractivity contribution in [1.29, 1.82) is 0 Å². The van der Waals surface area contributed by atoms with Gasteiger partial charge in [-0.25, -0.2) is 0 Å². The molecule has 0 saturated heterocycles. The standard InChI is InChI=1S/C16H28BrN3/c1-3-5-6-12-7-9-13(10-8-12)15(18)16-14(17)11-19-20(16)4-2/h11-13,15H,3-10,18H2,1-2H3. The summed E-state index contributed by atoms with van der Waals surface area (Å²) in [6.07, 6.45) is 11.3. The number of nitrogens with zero attached hydrogens (tertiary/aromatic N) is 2. The lowest BCUT2D eigenvalue weighted by Crippen LogP contribution is -2.28. The number of rotatable bonds is 6. The van der Waals surface area contributed by atoms with Crippen LogP contribution in [0.25, 0.3) is 0 Å². The van der Waals surface area contributed by atoms with E-state index in [9.17, 15) is 0 Å². The molecule has 1 aromatic rings. The SMILES string of the molecule is CCCCC1CCC(C(N)c2c(Br)cnn2CC)CC1. The van der Waals surface area contributed by atoms with E-state index in [0.717, 1.165) is 16.9 Å². The van der Waals surface area contributed by atoms with E-state index in [1.165, 1.54) is 50.6 Å². The molecule has 2 rings (SSSR count). The Kier molecular flexibility index (Phi) is 6.09. The third-order valence-corrected chi connectivity index (χ3v) is 5.42. The van der Waals surface area contributed by atoms with E-state index >= 15 is 0 Å². The van der Waals surface area contributed by atoms with Crippen LogP contribution in [-0.4, -0.2) is 9.78 Å². The monoisotopic (exact) mass is 341 g/mol. The third kappa shape index (κ3) is 3.64. The number of hydrogen-bond acceptors (Lipinski definition) is 2. The summed E-state index contributed by atoms with van der Waals surface area (Å²) in [6.45, 7) is 5.29. The van der Waals surface area contributed by atoms with Crippen LogP contribution in [0.15, 0.2) is 10.7 Å². The molecule has 0 aliphatic heterocycles. The number of nitrogens with two attached hydrogens (primary N) is 1. The molecular weight excluding hydrogens is 314 g/mol. The first-order chi connectivity index (χ1) is 9.67. The lowest BCUT2D eigenvalue weighted by atomic mass is 9.76. The van der Waals surface area contributed by atoms with Crippen molar-refractivity contribution < 1.29 is 0 Å². The van der Waals surface area contributed by atoms with Crippen LogP contribution in [0.4, 0.5) is 0 Å². The lowest BCUT2D eigenvalue weighted by molar-refractivity contribution is 0.227. The summed E-state index contributed by atoms with van der Waals surface area (Å²) in [5.41, 5.74) is 7.73. The van der Waals surface area contributed by atoms with E-state index in [2.05, 4.69) is 34.9 Å². The van der Waals surface area contributed by atoms with Crippen molar-refractivity contribution >= 4 is 15.9 Å². The molecule has 1 saturated carbocycles. The summed E-state index contributed by atoms with van der Waals surface area (Å²) in [5, 5.41) is 4.40. The van der Waals surface area contributed by atoms with E-state index in [1.54, 1.807) is 0 Å². The molecular formula is C16H28BrN3. The maximum absolute atomic E-state index is 6.55. The minimum absolute atomic E-state index is 0.124. The Morgan fingerprint density at radius 3 is 2.65 bits per heavy atom. The van der Waals surface area contributed by atoms with Crippen molar-refractivity contribution in [2.24, 2.45) is 17.6 Å². The van der Waals surface area contributed by atoms with Crippen LogP contribution in [0.2, 0.25) is 0 Å². The number of aryl methyl sites for hydroxylation is 1. The number of halogens is 1. The maximum Gasteiger partial charge on any atom is 0.0696 e. The van der Waals surface area contributed by atoms with Gasteiger partial charge in [0.05, 0.1) is 22.4 Å². The Bertz CT molecular complexity index is 408. The maximum atomic E-state index is 6.55. The zero-order valence-corrected chi connectivity index (χ0v) is 14.4. The molecule has 0 amide bonds. The first kappa shape index (κ1) is 16.0. The third-order valence-electron chi connectivity index (χ3n) is 4.81. The molecule has 0 bridgehead atoms. The average molecular weight is 342 g/mol. The fourth-order valence-electron chi connectivity index (χ4n) is 3.51. The highest BCUT2D eigenvalue weighted by molar-refractivity contribution is 9.10. The minimum atomic E-state index is 0.124. The van der Waals surface area contributed by atoms with Gasteiger partial charge in [-0.15, -0.1) is 0 Å². The zero-order valence-electron chi connectivity index (χ0n) is 12.8. The molecule has 1 aliphatic rings. The van der Waals surface area contributed by atoms with Crippen LogP contribution in [0.3, 0.4) is 0 Å². The van der Waals surface area contributed by atoms with E-state index in [1.807, 2.05) is 10.9 Å². The van der Waals surface area contributed by atoms with Gasteiger partial charge >= 0.3 is 0 Å². The largest absolute Gasteiger partial charge is 0.322 e. The van der Waals surface area contributed by atoms with Crippen LogP contribution in [0, 0.1) is 11.8 Å². The normalized spacial score (nSPS) is 24.8. The average Bonchev–Trinajstić information content (AvgIpc) is 2.86. The Balaban J connectivity index is 1.94. The van der Waals surface area contributed by atoms with Crippen molar-refractivity contribution in [3.8, 4) is 0 Å². The van der Waals surface area contributed by atoms with Gasteiger partial charge in [0, 0.05) is 6.54 Å². The van der Waals surface area contributed by atoms with Crippen LogP contribution in [0.5, 0.6) is 0 Å². The minimum Gasteiger partial charge on any atom is -0.322 e. The topological polar surface area (TPSA) is 43.8 Å². The van der Waals surface area contributed by atoms with Gasteiger partial charge in [0.1, 0.15) is 0 Å². The fraction of sp³-hybridized carbons (Fsp3) is 0.812. The Hall–Kier alpha value is -0.350. The molecule has 1 atom stereocenters. The molecule has 0 radical (unpaired) electrons. The van der Waals surface area contributed by atoms with Gasteiger partial charge in [0.2, 0.25) is 0 Å². The van der Waals surface area contributed by atoms with Gasteiger partial charge in [-0.2, -0.15) is 5.10 Å². The van der Waals surface area contributed by atoms with E-state index in [0.29, 0.717) is 5.92 Å². The summed E-state index contributed by atoms with van der Waals surface area (Å²) < 4.78 is 3.11. The van der Waals surface area contributed by atoms with Gasteiger partial charge in [-0.3, -0.25) is 4.68 Å². The molecule has 0 spiro atoms. The van der Waals surface area contributed by atoms with E-state index in [-0.39, 0.29) is 6.04 Å². The molecule has 1 aromatic heterocycles. The highest BCUT2D eigenvalue weighted by atomic mass is 79.9. The predicted octanol–water partition coefficient (Wildman–Crippen LogP) is 4.66. The lowest BCUT2D eigenvalue weighted by Gasteiger charge is -2.32. The van der Waals surface area contributed by atoms with Crippen molar-refractivity contribution in [3.63, 3.8) is 0 Å². The molecule has 1 aliphatic carbocycles. The molecule has 3 nitrogen and oxygen atoms in total. The summed E-state index contributed by atoms with van der Waals surface area (Å²) in [5.74, 6) is 1.56. The summed E-state index contributed by atoms with van der Waals surface area (Å²) in [4.78, 5) is 0. The molecule has 1 fully saturated rings. The number of unbranched alkanes of at least 4 members (excludes halogenated alkanes) is 1. The summed E-state index contributed by atoms with van der Waals surface area (Å²) in [6, 6.07) is 0.124. The first-order valence-corrected chi connectivity index (χ1v) is 8.93. The second-order valence-corrected chi connectivity index (χ2v) is 7.00. The summed E-state index contributed by atoms with van der Waals surface area (Å²) >= 11 is 3.61. The Morgan fingerprint density at radius 1 is 1.35 bits per heavy atom. The van der Waals surface area contributed by atoms with Crippen molar-refractivity contribution in [2.75, 3.05) is 0 Å². The van der Waals surface area contributed by atoms with E-state index in [4.69, 9.17) is 5.73 Å². The van der Waals surface area contributed by atoms with Crippen molar-refractivity contribution in [2.45, 2.75) is 71.4 Å². The van der Waals surface area contributed by atoms with Crippen LogP contribution >= 0.6 is 15.9 Å². The number of hydrogen-bond donors (Lipinski definition) is 1. The van der Waals surface area contributed by atoms with Crippen LogP contribution in [0.1, 0.15) is 70.5 Å². The zero-order chi connectivity index (χ0) is 14.5. The molecule has 20 heavy (non-hydrogen) atoms. The smallest absolute Gasteiger partial charge is 0.0696 e. The number of aromatic nitrogens is 2. The molecule has 0 aromatic carbocycles. The predicted molar refractivity (Wildman–Crippen MR) is 87.5 cm³/mol. The van der Waals surface area contributed by atoms with Crippen LogP contribution in [-0.2, 0) is 6.54 Å². The van der Waals surface area contributed by atoms with Crippen molar-refractivity contribution in [1.82, 2.24) is 9.78 Å². The highest BCUT2D eigenvalue weighted by Gasteiger charge is 2.29. The van der Waals surface area contributed by atoms with Gasteiger partial charge in [-0.1, -0.05) is 39.0 Å². The highest BCUT2D eigenvalue weighted by Crippen LogP contribution is 2.39. The molecule has 4 heteroatoms. The van der Waals surface area contributed by atoms with Gasteiger partial charge in [0.25, 0.3) is 0 Å². The second kappa shape index (κ2) is 7.60. The molecule has 2 N–H and O–H groups in total. The van der Waals surface area contributed by atoms with Crippen LogP contribution < -0.4 is 5.73 Å². The van der Waals surface area contributed by atoms with Gasteiger partial charge < -0.3 is 5.73 Å². The van der Waals surface area contributed by atoms with Gasteiger partial charge in [0.15, 0.2) is 0 Å². The first-order valence-electron chi connectivity index (χ1n) is 8.14. The molecule has 114 valence electrons. The fourth-order valence-corrected chi connectivity index (χ4v) is 4.07. The Morgan fingerprint density at radius 2 is 2.05 bits per heavy atom. The van der Waals surface area contributed by atoms with Crippen molar-refractivity contribution in [3.05, 3.63) is 16.4 Å². The van der Waals surface area contributed by atoms with Gasteiger partial charge in [-0.05, 0) is 47.5 Å². The molecule has 1 heterocycles. The quantitative estimate of drug-likeness (QED) is 0.817.